The summed E-state index contributed by atoms with van der Waals surface area (Å²) in [7, 11) is -2.54. The second-order valence-corrected chi connectivity index (χ2v) is 11.8. The Bertz CT molecular complexity index is 1130. The lowest BCUT2D eigenvalue weighted by Crippen LogP contribution is -2.40. The standard InChI is InChI=1S/C25H32ClN3O4S/c1-25(2,3)18-8-10-20(11-9-18)27-28-24(30)17-29(21-7-5-6-19(26)16-21)34(31,32)23-14-12-22(33-4)13-15-23/h5-7,12-16,18H,8-11,17H2,1-4H3,(H,28,30). The van der Waals surface area contributed by atoms with E-state index in [0.717, 1.165) is 35.7 Å². The Morgan fingerprint density at radius 1 is 1.15 bits per heavy atom. The molecule has 0 aromatic heterocycles. The van der Waals surface area contributed by atoms with E-state index in [9.17, 15) is 13.2 Å². The van der Waals surface area contributed by atoms with Gasteiger partial charge in [0.1, 0.15) is 12.3 Å². The quantitative estimate of drug-likeness (QED) is 0.520. The van der Waals surface area contributed by atoms with E-state index >= 15 is 0 Å². The first-order valence-electron chi connectivity index (χ1n) is 11.3. The zero-order valence-corrected chi connectivity index (χ0v) is 21.6. The molecule has 0 bridgehead atoms. The Kier molecular flexibility index (Phi) is 8.25. The van der Waals surface area contributed by atoms with Crippen LogP contribution in [-0.2, 0) is 14.8 Å². The molecule has 2 aromatic rings. The van der Waals surface area contributed by atoms with Gasteiger partial charge >= 0.3 is 0 Å². The van der Waals surface area contributed by atoms with Crippen LogP contribution in [0.15, 0.2) is 58.5 Å². The normalized spacial score (nSPS) is 16.6. The molecule has 1 amide bonds. The molecule has 9 heteroatoms. The smallest absolute Gasteiger partial charge is 0.264 e. The highest BCUT2D eigenvalue weighted by Crippen LogP contribution is 2.36. The molecule has 34 heavy (non-hydrogen) atoms. The van der Waals surface area contributed by atoms with Crippen LogP contribution in [0.2, 0.25) is 5.02 Å². The molecule has 0 spiro atoms. The molecule has 0 heterocycles. The zero-order chi connectivity index (χ0) is 24.9. The van der Waals surface area contributed by atoms with Crippen LogP contribution in [0.4, 0.5) is 5.69 Å². The molecule has 1 aliphatic rings. The molecule has 1 N–H and O–H groups in total. The van der Waals surface area contributed by atoms with E-state index in [1.54, 1.807) is 30.3 Å². The van der Waals surface area contributed by atoms with Crippen molar-refractivity contribution in [2.75, 3.05) is 18.0 Å². The van der Waals surface area contributed by atoms with Crippen LogP contribution in [0.5, 0.6) is 5.75 Å². The number of amides is 1. The van der Waals surface area contributed by atoms with Gasteiger partial charge in [0.25, 0.3) is 15.9 Å². The van der Waals surface area contributed by atoms with Gasteiger partial charge in [0.15, 0.2) is 0 Å². The van der Waals surface area contributed by atoms with E-state index < -0.39 is 22.5 Å². The Labute approximate surface area is 207 Å². The van der Waals surface area contributed by atoms with Crippen LogP contribution in [0, 0.1) is 11.3 Å². The van der Waals surface area contributed by atoms with Crippen molar-refractivity contribution in [3.63, 3.8) is 0 Å². The Morgan fingerprint density at radius 2 is 1.79 bits per heavy atom. The van der Waals surface area contributed by atoms with E-state index in [0.29, 0.717) is 16.7 Å². The third-order valence-electron chi connectivity index (χ3n) is 6.16. The monoisotopic (exact) mass is 505 g/mol. The molecule has 1 fully saturated rings. The summed E-state index contributed by atoms with van der Waals surface area (Å²) in [5, 5.41) is 4.66. The number of benzene rings is 2. The number of hydrogen-bond donors (Lipinski definition) is 1. The first-order valence-corrected chi connectivity index (χ1v) is 13.1. The second kappa shape index (κ2) is 10.8. The summed E-state index contributed by atoms with van der Waals surface area (Å²) in [4.78, 5) is 12.8. The molecular formula is C25H32ClN3O4S. The Hall–Kier alpha value is -2.58. The summed E-state index contributed by atoms with van der Waals surface area (Å²) >= 11 is 6.11. The molecule has 0 unspecified atom stereocenters. The maximum absolute atomic E-state index is 13.4. The topological polar surface area (TPSA) is 88.1 Å². The van der Waals surface area contributed by atoms with Crippen molar-refractivity contribution in [2.45, 2.75) is 51.3 Å². The fourth-order valence-electron chi connectivity index (χ4n) is 4.06. The van der Waals surface area contributed by atoms with Crippen LogP contribution in [0.3, 0.4) is 0 Å². The Balaban J connectivity index is 1.77. The van der Waals surface area contributed by atoms with Crippen LogP contribution in [0.1, 0.15) is 46.5 Å². The minimum absolute atomic E-state index is 0.0351. The van der Waals surface area contributed by atoms with E-state index in [1.807, 2.05) is 0 Å². The van der Waals surface area contributed by atoms with Crippen molar-refractivity contribution in [3.05, 3.63) is 53.6 Å². The number of halogens is 1. The van der Waals surface area contributed by atoms with Gasteiger partial charge in [-0.05, 0) is 79.5 Å². The third-order valence-corrected chi connectivity index (χ3v) is 8.18. The lowest BCUT2D eigenvalue weighted by molar-refractivity contribution is -0.119. The highest BCUT2D eigenvalue weighted by Gasteiger charge is 2.29. The molecular weight excluding hydrogens is 474 g/mol. The number of nitrogens with one attached hydrogen (secondary N) is 1. The van der Waals surface area contributed by atoms with Crippen molar-refractivity contribution in [1.29, 1.82) is 0 Å². The number of nitrogens with zero attached hydrogens (tertiary/aromatic N) is 2. The number of hydrogen-bond acceptors (Lipinski definition) is 5. The van der Waals surface area contributed by atoms with E-state index in [1.165, 1.54) is 25.3 Å². The minimum atomic E-state index is -4.05. The number of carbonyl (C=O) groups excluding carboxylic acids is 1. The maximum Gasteiger partial charge on any atom is 0.264 e. The molecule has 3 rings (SSSR count). The number of sulfonamides is 1. The Morgan fingerprint density at radius 3 is 2.35 bits per heavy atom. The largest absolute Gasteiger partial charge is 0.497 e. The van der Waals surface area contributed by atoms with Crippen molar-refractivity contribution >= 4 is 38.9 Å². The van der Waals surface area contributed by atoms with Gasteiger partial charge in [-0.2, -0.15) is 5.10 Å². The van der Waals surface area contributed by atoms with E-state index in [-0.39, 0.29) is 16.0 Å². The number of hydrazone groups is 1. The summed E-state index contributed by atoms with van der Waals surface area (Å²) < 4.78 is 33.0. The number of rotatable bonds is 7. The highest BCUT2D eigenvalue weighted by molar-refractivity contribution is 7.92. The van der Waals surface area contributed by atoms with Crippen molar-refractivity contribution in [1.82, 2.24) is 5.43 Å². The van der Waals surface area contributed by atoms with Crippen LogP contribution < -0.4 is 14.5 Å². The average molecular weight is 506 g/mol. The second-order valence-electron chi connectivity index (χ2n) is 9.52. The van der Waals surface area contributed by atoms with Crippen molar-refractivity contribution < 1.29 is 17.9 Å². The minimum Gasteiger partial charge on any atom is -0.497 e. The van der Waals surface area contributed by atoms with Crippen molar-refractivity contribution in [3.8, 4) is 5.75 Å². The highest BCUT2D eigenvalue weighted by atomic mass is 35.5. The molecule has 0 saturated heterocycles. The first-order chi connectivity index (χ1) is 16.0. The van der Waals surface area contributed by atoms with Crippen LogP contribution in [-0.4, -0.2) is 33.7 Å². The molecule has 2 aromatic carbocycles. The molecule has 7 nitrogen and oxygen atoms in total. The summed E-state index contributed by atoms with van der Waals surface area (Å²) in [5.41, 5.74) is 4.02. The van der Waals surface area contributed by atoms with Gasteiger partial charge in [-0.3, -0.25) is 9.10 Å². The van der Waals surface area contributed by atoms with Crippen LogP contribution in [0.25, 0.3) is 0 Å². The van der Waals surface area contributed by atoms with E-state index in [2.05, 4.69) is 31.3 Å². The van der Waals surface area contributed by atoms with Gasteiger partial charge in [-0.15, -0.1) is 0 Å². The number of anilines is 1. The van der Waals surface area contributed by atoms with Gasteiger partial charge in [0, 0.05) is 10.7 Å². The fraction of sp³-hybridized carbons (Fsp3) is 0.440. The van der Waals surface area contributed by atoms with Gasteiger partial charge < -0.3 is 4.74 Å². The first kappa shape index (κ1) is 26.0. The van der Waals surface area contributed by atoms with Gasteiger partial charge in [-0.25, -0.2) is 13.8 Å². The maximum atomic E-state index is 13.4. The summed E-state index contributed by atoms with van der Waals surface area (Å²) in [6.07, 6.45) is 3.70. The van der Waals surface area contributed by atoms with Gasteiger partial charge in [0.2, 0.25) is 0 Å². The predicted molar refractivity (Wildman–Crippen MR) is 136 cm³/mol. The molecule has 0 atom stereocenters. The predicted octanol–water partition coefficient (Wildman–Crippen LogP) is 5.25. The SMILES string of the molecule is COc1ccc(S(=O)(=O)N(CC(=O)NN=C2CCC(C(C)(C)C)CC2)c2cccc(Cl)c2)cc1. The lowest BCUT2D eigenvalue weighted by Gasteiger charge is -2.34. The summed E-state index contributed by atoms with van der Waals surface area (Å²) in [6.45, 7) is 6.30. The van der Waals surface area contributed by atoms with Crippen molar-refractivity contribution in [2.24, 2.45) is 16.4 Å². The summed E-state index contributed by atoms with van der Waals surface area (Å²) in [6, 6.07) is 12.4. The number of ether oxygens (including phenoxy) is 1. The van der Waals surface area contributed by atoms with Gasteiger partial charge in [0.05, 0.1) is 17.7 Å². The number of methoxy groups -OCH3 is 1. The fourth-order valence-corrected chi connectivity index (χ4v) is 5.65. The summed E-state index contributed by atoms with van der Waals surface area (Å²) in [5.74, 6) is 0.626. The van der Waals surface area contributed by atoms with E-state index in [4.69, 9.17) is 16.3 Å². The zero-order valence-electron chi connectivity index (χ0n) is 20.0. The average Bonchev–Trinajstić information content (AvgIpc) is 2.81. The molecule has 1 saturated carbocycles. The van der Waals surface area contributed by atoms with Crippen LogP contribution >= 0.6 is 11.6 Å². The molecule has 0 radical (unpaired) electrons. The number of carbonyl (C=O) groups is 1. The molecule has 0 aliphatic heterocycles. The third kappa shape index (κ3) is 6.51. The van der Waals surface area contributed by atoms with Gasteiger partial charge in [-0.1, -0.05) is 38.4 Å². The molecule has 1 aliphatic carbocycles. The lowest BCUT2D eigenvalue weighted by atomic mass is 9.72. The molecule has 184 valence electrons.